The Morgan fingerprint density at radius 3 is 2.20 bits per heavy atom. The first kappa shape index (κ1) is 23.6. The summed E-state index contributed by atoms with van der Waals surface area (Å²) in [5, 5.41) is 17.7. The maximum Gasteiger partial charge on any atom is 0.305 e. The molecular formula is C21H36O4. The fourth-order valence-corrected chi connectivity index (χ4v) is 2.20. The zero-order valence-corrected chi connectivity index (χ0v) is 15.7. The molecule has 0 aliphatic carbocycles. The second-order valence-corrected chi connectivity index (χ2v) is 6.12. The van der Waals surface area contributed by atoms with Gasteiger partial charge in [0.15, 0.2) is 0 Å². The molecule has 0 rings (SSSR count). The minimum absolute atomic E-state index is 0.119. The number of ether oxygens (including phenoxy) is 1. The highest BCUT2D eigenvalue weighted by atomic mass is 16.5. The van der Waals surface area contributed by atoms with Gasteiger partial charge in [-0.05, 0) is 38.5 Å². The number of rotatable bonds is 16. The number of allylic oxidation sites excluding steroid dienone is 6. The summed E-state index contributed by atoms with van der Waals surface area (Å²) in [5.74, 6) is -0.298. The van der Waals surface area contributed by atoms with Crippen LogP contribution in [0.25, 0.3) is 0 Å². The van der Waals surface area contributed by atoms with Crippen LogP contribution < -0.4 is 0 Å². The van der Waals surface area contributed by atoms with Crippen LogP contribution in [0.15, 0.2) is 36.5 Å². The first-order chi connectivity index (χ1) is 12.2. The van der Waals surface area contributed by atoms with Gasteiger partial charge in [-0.15, -0.1) is 0 Å². The van der Waals surface area contributed by atoms with E-state index in [1.807, 2.05) is 0 Å². The van der Waals surface area contributed by atoms with E-state index in [0.717, 1.165) is 44.9 Å². The zero-order valence-electron chi connectivity index (χ0n) is 15.7. The second kappa shape index (κ2) is 18.9. The van der Waals surface area contributed by atoms with Crippen LogP contribution in [0.2, 0.25) is 0 Å². The van der Waals surface area contributed by atoms with E-state index in [4.69, 9.17) is 14.9 Å². The predicted molar refractivity (Wildman–Crippen MR) is 103 cm³/mol. The van der Waals surface area contributed by atoms with Gasteiger partial charge in [0.2, 0.25) is 0 Å². The number of unbranched alkanes of at least 4 members (excludes halogenated alkanes) is 5. The molecule has 0 saturated heterocycles. The largest absolute Gasteiger partial charge is 0.463 e. The smallest absolute Gasteiger partial charge is 0.305 e. The van der Waals surface area contributed by atoms with Gasteiger partial charge in [-0.1, -0.05) is 62.6 Å². The summed E-state index contributed by atoms with van der Waals surface area (Å²) in [6.45, 7) is 1.64. The van der Waals surface area contributed by atoms with Crippen molar-refractivity contribution in [3.63, 3.8) is 0 Å². The third-order valence-corrected chi connectivity index (χ3v) is 3.68. The van der Waals surface area contributed by atoms with Crippen molar-refractivity contribution in [2.75, 3.05) is 13.2 Å². The van der Waals surface area contributed by atoms with Gasteiger partial charge in [-0.3, -0.25) is 4.79 Å². The lowest BCUT2D eigenvalue weighted by Crippen LogP contribution is -2.21. The molecule has 0 amide bonds. The lowest BCUT2D eigenvalue weighted by Gasteiger charge is -2.08. The van der Waals surface area contributed by atoms with E-state index in [2.05, 4.69) is 43.4 Å². The van der Waals surface area contributed by atoms with Crippen LogP contribution in [0, 0.1) is 0 Å². The van der Waals surface area contributed by atoms with Gasteiger partial charge in [-0.25, -0.2) is 0 Å². The van der Waals surface area contributed by atoms with Crippen LogP contribution in [-0.2, 0) is 9.53 Å². The Balaban J connectivity index is 3.34. The van der Waals surface area contributed by atoms with E-state index in [9.17, 15) is 4.79 Å². The number of esters is 1. The molecule has 4 heteroatoms. The van der Waals surface area contributed by atoms with Crippen molar-refractivity contribution < 1.29 is 19.7 Å². The molecule has 0 heterocycles. The Morgan fingerprint density at radius 2 is 1.52 bits per heavy atom. The summed E-state index contributed by atoms with van der Waals surface area (Å²) in [5.41, 5.74) is 0. The van der Waals surface area contributed by atoms with Crippen molar-refractivity contribution in [3.05, 3.63) is 36.5 Å². The maximum atomic E-state index is 11.4. The molecule has 0 radical (unpaired) electrons. The third kappa shape index (κ3) is 18.8. The summed E-state index contributed by atoms with van der Waals surface area (Å²) in [6.07, 6.45) is 22.3. The maximum absolute atomic E-state index is 11.4. The minimum atomic E-state index is -0.967. The molecule has 0 aromatic carbocycles. The van der Waals surface area contributed by atoms with E-state index in [0.29, 0.717) is 6.42 Å². The quantitative estimate of drug-likeness (QED) is 0.244. The van der Waals surface area contributed by atoms with Crippen LogP contribution in [0.5, 0.6) is 0 Å². The molecule has 144 valence electrons. The van der Waals surface area contributed by atoms with Crippen LogP contribution >= 0.6 is 0 Å². The fraction of sp³-hybridized carbons (Fsp3) is 0.667. The van der Waals surface area contributed by atoms with E-state index in [1.165, 1.54) is 12.8 Å². The van der Waals surface area contributed by atoms with Gasteiger partial charge in [0.1, 0.15) is 12.7 Å². The van der Waals surface area contributed by atoms with Gasteiger partial charge < -0.3 is 14.9 Å². The third-order valence-electron chi connectivity index (χ3n) is 3.68. The van der Waals surface area contributed by atoms with Crippen molar-refractivity contribution in [2.45, 2.75) is 77.2 Å². The van der Waals surface area contributed by atoms with Gasteiger partial charge in [0, 0.05) is 6.42 Å². The van der Waals surface area contributed by atoms with Gasteiger partial charge in [-0.2, -0.15) is 0 Å². The number of hydrogen-bond acceptors (Lipinski definition) is 4. The molecule has 0 aliphatic rings. The summed E-state index contributed by atoms with van der Waals surface area (Å²) < 4.78 is 4.85. The van der Waals surface area contributed by atoms with Crippen molar-refractivity contribution >= 4 is 5.97 Å². The minimum Gasteiger partial charge on any atom is -0.463 e. The molecule has 2 N–H and O–H groups in total. The van der Waals surface area contributed by atoms with Gasteiger partial charge in [0.25, 0.3) is 0 Å². The molecule has 0 aromatic rings. The Labute approximate surface area is 153 Å². The molecule has 0 bridgehead atoms. The second-order valence-electron chi connectivity index (χ2n) is 6.12. The first-order valence-corrected chi connectivity index (χ1v) is 9.60. The van der Waals surface area contributed by atoms with Crippen LogP contribution in [0.3, 0.4) is 0 Å². The predicted octanol–water partition coefficient (Wildman–Crippen LogP) is 4.47. The molecule has 25 heavy (non-hydrogen) atoms. The van der Waals surface area contributed by atoms with Crippen molar-refractivity contribution in [1.82, 2.24) is 0 Å². The molecule has 4 nitrogen and oxygen atoms in total. The Kier molecular flexibility index (Phi) is 17.9. The molecular weight excluding hydrogens is 316 g/mol. The highest BCUT2D eigenvalue weighted by Crippen LogP contribution is 2.08. The normalized spacial score (nSPS) is 13.2. The average Bonchev–Trinajstić information content (AvgIpc) is 2.62. The van der Waals surface area contributed by atoms with E-state index >= 15 is 0 Å². The van der Waals surface area contributed by atoms with Crippen LogP contribution in [0.1, 0.15) is 71.1 Å². The zero-order chi connectivity index (χ0) is 18.6. The molecule has 1 unspecified atom stereocenters. The monoisotopic (exact) mass is 352 g/mol. The lowest BCUT2D eigenvalue weighted by molar-refractivity contribution is -0.147. The van der Waals surface area contributed by atoms with Gasteiger partial charge in [0.05, 0.1) is 6.61 Å². The number of aliphatic hydroxyl groups is 2. The summed E-state index contributed by atoms with van der Waals surface area (Å²) in [7, 11) is 0. The standard InChI is InChI=1S/C21H36O4/c1-2-3-4-5-6-7-8-9-10-11-12-13-14-15-16-17-21(24)25-19-20(23)18-22/h3-4,6-7,9-10,20,22-23H,2,5,8,11-19H2,1H3/b4-3+,7-6+,10-9+. The highest BCUT2D eigenvalue weighted by Gasteiger charge is 2.07. The summed E-state index contributed by atoms with van der Waals surface area (Å²) >= 11 is 0. The average molecular weight is 353 g/mol. The lowest BCUT2D eigenvalue weighted by atomic mass is 10.1. The highest BCUT2D eigenvalue weighted by molar-refractivity contribution is 5.69. The fourth-order valence-electron chi connectivity index (χ4n) is 2.20. The molecule has 0 saturated carbocycles. The number of carbonyl (C=O) groups is 1. The number of carbonyl (C=O) groups excluding carboxylic acids is 1. The Hall–Kier alpha value is -1.39. The van der Waals surface area contributed by atoms with E-state index < -0.39 is 6.10 Å². The Morgan fingerprint density at radius 1 is 0.920 bits per heavy atom. The summed E-state index contributed by atoms with van der Waals surface area (Å²) in [6, 6.07) is 0. The molecule has 0 spiro atoms. The summed E-state index contributed by atoms with van der Waals surface area (Å²) in [4.78, 5) is 11.4. The van der Waals surface area contributed by atoms with E-state index in [1.54, 1.807) is 0 Å². The molecule has 0 aliphatic heterocycles. The molecule has 0 aromatic heterocycles. The Bertz CT molecular complexity index is 385. The van der Waals surface area contributed by atoms with Gasteiger partial charge >= 0.3 is 5.97 Å². The topological polar surface area (TPSA) is 66.8 Å². The van der Waals surface area contributed by atoms with Crippen molar-refractivity contribution in [3.8, 4) is 0 Å². The van der Waals surface area contributed by atoms with Crippen LogP contribution in [0.4, 0.5) is 0 Å². The first-order valence-electron chi connectivity index (χ1n) is 9.60. The number of hydrogen-bond donors (Lipinski definition) is 2. The molecule has 1 atom stereocenters. The van der Waals surface area contributed by atoms with Crippen molar-refractivity contribution in [1.29, 1.82) is 0 Å². The molecule has 0 fully saturated rings. The SMILES string of the molecule is CC/C=C/C/C=C/C/C=C/CCCCCCCC(=O)OCC(O)CO. The van der Waals surface area contributed by atoms with Crippen molar-refractivity contribution in [2.24, 2.45) is 0 Å². The van der Waals surface area contributed by atoms with E-state index in [-0.39, 0.29) is 19.2 Å². The van der Waals surface area contributed by atoms with Crippen LogP contribution in [-0.4, -0.2) is 35.5 Å². The number of aliphatic hydroxyl groups excluding tert-OH is 2.